The molecular formula is C15H24N4O. The second-order valence-corrected chi connectivity index (χ2v) is 5.42. The van der Waals surface area contributed by atoms with Gasteiger partial charge in [-0.15, -0.1) is 0 Å². The van der Waals surface area contributed by atoms with E-state index >= 15 is 0 Å². The fourth-order valence-electron chi connectivity index (χ4n) is 2.72. The Labute approximate surface area is 120 Å². The van der Waals surface area contributed by atoms with Gasteiger partial charge in [-0.1, -0.05) is 13.8 Å². The quantitative estimate of drug-likeness (QED) is 0.873. The molecule has 1 aliphatic heterocycles. The van der Waals surface area contributed by atoms with Crippen molar-refractivity contribution in [3.05, 3.63) is 23.4 Å². The van der Waals surface area contributed by atoms with Crippen LogP contribution in [0, 0.1) is 6.92 Å². The number of nitrogens with one attached hydrogen (secondary N) is 1. The molecule has 3 N–H and O–H groups in total. The number of carbonyl (C=O) groups is 1. The number of hydrogen-bond donors (Lipinski definition) is 2. The van der Waals surface area contributed by atoms with Gasteiger partial charge in [0.05, 0.1) is 5.56 Å². The van der Waals surface area contributed by atoms with E-state index in [1.54, 1.807) is 6.07 Å². The molecule has 2 unspecified atom stereocenters. The minimum absolute atomic E-state index is 0.352. The molecule has 0 spiro atoms. The normalized spacial score (nSPS) is 22.9. The maximum atomic E-state index is 11.7. The zero-order chi connectivity index (χ0) is 14.7. The lowest BCUT2D eigenvalue weighted by molar-refractivity contribution is 0.1000. The molecule has 0 radical (unpaired) electrons. The number of aryl methyl sites for hydroxylation is 1. The first-order valence-corrected chi connectivity index (χ1v) is 7.34. The summed E-state index contributed by atoms with van der Waals surface area (Å²) in [6, 6.07) is 4.41. The molecule has 20 heavy (non-hydrogen) atoms. The first-order valence-electron chi connectivity index (χ1n) is 7.34. The van der Waals surface area contributed by atoms with Crippen LogP contribution in [0.1, 0.15) is 42.7 Å². The molecule has 1 aromatic heterocycles. The fourth-order valence-corrected chi connectivity index (χ4v) is 2.72. The standard InChI is InChI=1S/C15H24N4O/c1-4-11-9-19(12(5-2)8-17-11)15-13(14(16)20)7-6-10(3)18-15/h6-7,11-12,17H,4-5,8-9H2,1-3H3,(H2,16,20). The van der Waals surface area contributed by atoms with Gasteiger partial charge in [0.1, 0.15) is 5.82 Å². The SMILES string of the molecule is CCC1CN(c2nc(C)ccc2C(N)=O)C(CC)CN1. The average Bonchev–Trinajstić information content (AvgIpc) is 2.46. The molecule has 5 heteroatoms. The van der Waals surface area contributed by atoms with Crippen molar-refractivity contribution in [2.45, 2.75) is 45.7 Å². The summed E-state index contributed by atoms with van der Waals surface area (Å²) in [7, 11) is 0. The molecule has 0 aromatic carbocycles. The van der Waals surface area contributed by atoms with Crippen LogP contribution in [0.2, 0.25) is 0 Å². The number of pyridine rings is 1. The van der Waals surface area contributed by atoms with Crippen molar-refractivity contribution >= 4 is 11.7 Å². The summed E-state index contributed by atoms with van der Waals surface area (Å²) in [6.45, 7) is 8.05. The Bertz CT molecular complexity index is 489. The van der Waals surface area contributed by atoms with E-state index in [2.05, 4.69) is 29.0 Å². The zero-order valence-electron chi connectivity index (χ0n) is 12.5. The molecule has 0 bridgehead atoms. The van der Waals surface area contributed by atoms with Crippen LogP contribution >= 0.6 is 0 Å². The molecule has 2 heterocycles. The highest BCUT2D eigenvalue weighted by Crippen LogP contribution is 2.24. The van der Waals surface area contributed by atoms with Crippen molar-refractivity contribution < 1.29 is 4.79 Å². The minimum Gasteiger partial charge on any atom is -0.365 e. The third-order valence-corrected chi connectivity index (χ3v) is 4.02. The van der Waals surface area contributed by atoms with Gasteiger partial charge in [0.25, 0.3) is 5.91 Å². The van der Waals surface area contributed by atoms with Crippen molar-refractivity contribution in [2.24, 2.45) is 5.73 Å². The van der Waals surface area contributed by atoms with Gasteiger partial charge in [0.15, 0.2) is 0 Å². The van der Waals surface area contributed by atoms with E-state index in [1.165, 1.54) is 0 Å². The van der Waals surface area contributed by atoms with E-state index in [0.29, 0.717) is 17.6 Å². The van der Waals surface area contributed by atoms with E-state index in [9.17, 15) is 4.79 Å². The number of hydrogen-bond acceptors (Lipinski definition) is 4. The van der Waals surface area contributed by atoms with Crippen molar-refractivity contribution in [1.29, 1.82) is 0 Å². The summed E-state index contributed by atoms with van der Waals surface area (Å²) in [6.07, 6.45) is 2.07. The number of anilines is 1. The van der Waals surface area contributed by atoms with Crippen molar-refractivity contribution in [3.63, 3.8) is 0 Å². The number of nitrogens with zero attached hydrogens (tertiary/aromatic N) is 2. The smallest absolute Gasteiger partial charge is 0.252 e. The molecule has 1 aromatic rings. The third-order valence-electron chi connectivity index (χ3n) is 4.02. The number of carbonyl (C=O) groups excluding carboxylic acids is 1. The van der Waals surface area contributed by atoms with Crippen LogP contribution in [0.15, 0.2) is 12.1 Å². The fraction of sp³-hybridized carbons (Fsp3) is 0.600. The van der Waals surface area contributed by atoms with Gasteiger partial charge in [0, 0.05) is 30.9 Å². The van der Waals surface area contributed by atoms with Crippen LogP contribution in [-0.4, -0.2) is 36.1 Å². The largest absolute Gasteiger partial charge is 0.365 e. The van der Waals surface area contributed by atoms with Gasteiger partial charge in [0.2, 0.25) is 0 Å². The van der Waals surface area contributed by atoms with Crippen LogP contribution in [-0.2, 0) is 0 Å². The van der Waals surface area contributed by atoms with E-state index < -0.39 is 5.91 Å². The van der Waals surface area contributed by atoms with Crippen LogP contribution in [0.3, 0.4) is 0 Å². The van der Waals surface area contributed by atoms with Crippen LogP contribution in [0.4, 0.5) is 5.82 Å². The van der Waals surface area contributed by atoms with Crippen LogP contribution in [0.25, 0.3) is 0 Å². The molecule has 1 saturated heterocycles. The van der Waals surface area contributed by atoms with Crippen LogP contribution in [0.5, 0.6) is 0 Å². The maximum absolute atomic E-state index is 11.7. The Balaban J connectivity index is 2.40. The van der Waals surface area contributed by atoms with Crippen molar-refractivity contribution in [1.82, 2.24) is 10.3 Å². The highest BCUT2D eigenvalue weighted by atomic mass is 16.1. The zero-order valence-corrected chi connectivity index (χ0v) is 12.5. The van der Waals surface area contributed by atoms with E-state index in [-0.39, 0.29) is 0 Å². The lowest BCUT2D eigenvalue weighted by Gasteiger charge is -2.41. The third kappa shape index (κ3) is 2.93. The van der Waals surface area contributed by atoms with Gasteiger partial charge in [-0.2, -0.15) is 0 Å². The van der Waals surface area contributed by atoms with Crippen molar-refractivity contribution in [2.75, 3.05) is 18.0 Å². The summed E-state index contributed by atoms with van der Waals surface area (Å²) in [5.41, 5.74) is 6.93. The van der Waals surface area contributed by atoms with Crippen LogP contribution < -0.4 is 16.0 Å². The van der Waals surface area contributed by atoms with E-state index in [1.807, 2.05) is 13.0 Å². The summed E-state index contributed by atoms with van der Waals surface area (Å²) >= 11 is 0. The van der Waals surface area contributed by atoms with E-state index in [4.69, 9.17) is 5.73 Å². The predicted molar refractivity (Wildman–Crippen MR) is 81.0 cm³/mol. The molecule has 2 atom stereocenters. The second kappa shape index (κ2) is 6.22. The molecule has 0 aliphatic carbocycles. The highest BCUT2D eigenvalue weighted by Gasteiger charge is 2.29. The molecule has 1 amide bonds. The number of aromatic nitrogens is 1. The van der Waals surface area contributed by atoms with Gasteiger partial charge in [-0.3, -0.25) is 4.79 Å². The predicted octanol–water partition coefficient (Wildman–Crippen LogP) is 1.46. The second-order valence-electron chi connectivity index (χ2n) is 5.42. The minimum atomic E-state index is -0.408. The molecule has 2 rings (SSSR count). The maximum Gasteiger partial charge on any atom is 0.252 e. The number of nitrogens with two attached hydrogens (primary N) is 1. The number of rotatable bonds is 4. The number of amides is 1. The van der Waals surface area contributed by atoms with Crippen molar-refractivity contribution in [3.8, 4) is 0 Å². The van der Waals surface area contributed by atoms with Gasteiger partial charge in [-0.25, -0.2) is 4.98 Å². The van der Waals surface area contributed by atoms with E-state index in [0.717, 1.165) is 37.4 Å². The van der Waals surface area contributed by atoms with Gasteiger partial charge in [-0.05, 0) is 31.9 Å². The molecule has 1 fully saturated rings. The first-order chi connectivity index (χ1) is 9.56. The Hall–Kier alpha value is -1.62. The molecule has 0 saturated carbocycles. The Kier molecular flexibility index (Phi) is 4.60. The topological polar surface area (TPSA) is 71.2 Å². The Morgan fingerprint density at radius 1 is 1.45 bits per heavy atom. The number of primary amides is 1. The molecule has 1 aliphatic rings. The molecular weight excluding hydrogens is 252 g/mol. The van der Waals surface area contributed by atoms with Gasteiger partial charge < -0.3 is 16.0 Å². The summed E-state index contributed by atoms with van der Waals surface area (Å²) in [5.74, 6) is 0.332. The highest BCUT2D eigenvalue weighted by molar-refractivity contribution is 5.97. The first kappa shape index (κ1) is 14.8. The summed E-state index contributed by atoms with van der Waals surface area (Å²) in [4.78, 5) is 18.5. The van der Waals surface area contributed by atoms with Gasteiger partial charge >= 0.3 is 0 Å². The molecule has 5 nitrogen and oxygen atoms in total. The molecule has 110 valence electrons. The Morgan fingerprint density at radius 3 is 2.80 bits per heavy atom. The monoisotopic (exact) mass is 276 g/mol. The summed E-state index contributed by atoms with van der Waals surface area (Å²) in [5, 5.41) is 3.55. The lowest BCUT2D eigenvalue weighted by atomic mass is 10.0. The number of piperazine rings is 1. The summed E-state index contributed by atoms with van der Waals surface area (Å²) < 4.78 is 0. The lowest BCUT2D eigenvalue weighted by Crippen LogP contribution is -2.57. The average molecular weight is 276 g/mol. The Morgan fingerprint density at radius 2 is 2.20 bits per heavy atom.